The zero-order chi connectivity index (χ0) is 19.3. The summed E-state index contributed by atoms with van der Waals surface area (Å²) >= 11 is 12.2. The van der Waals surface area contributed by atoms with Crippen LogP contribution in [0.15, 0.2) is 60.7 Å². The molecule has 0 radical (unpaired) electrons. The van der Waals surface area contributed by atoms with Gasteiger partial charge in [-0.3, -0.25) is 4.79 Å². The molecule has 0 N–H and O–H groups in total. The first kappa shape index (κ1) is 20.3. The Kier molecular flexibility index (Phi) is 6.73. The van der Waals surface area contributed by atoms with E-state index in [4.69, 9.17) is 23.2 Å². The lowest BCUT2D eigenvalue weighted by atomic mass is 10.1. The fraction of sp³-hybridized carbons (Fsp3) is 0.211. The van der Waals surface area contributed by atoms with Crippen molar-refractivity contribution in [2.24, 2.45) is 0 Å². The summed E-state index contributed by atoms with van der Waals surface area (Å²) in [5.41, 5.74) is -0.237. The van der Waals surface area contributed by atoms with E-state index in [1.807, 2.05) is 0 Å². The van der Waals surface area contributed by atoms with Crippen LogP contribution in [0, 0.1) is 0 Å². The number of allylic oxidation sites excluding steroid dienone is 1. The van der Waals surface area contributed by atoms with Crippen molar-refractivity contribution >= 4 is 34.8 Å². The monoisotopic (exact) mass is 401 g/mol. The molecule has 138 valence electrons. The van der Waals surface area contributed by atoms with E-state index in [1.165, 1.54) is 17.0 Å². The summed E-state index contributed by atoms with van der Waals surface area (Å²) in [6.07, 6.45) is -1.13. The van der Waals surface area contributed by atoms with Gasteiger partial charge in [-0.05, 0) is 42.8 Å². The van der Waals surface area contributed by atoms with E-state index in [0.29, 0.717) is 10.6 Å². The van der Waals surface area contributed by atoms with Gasteiger partial charge in [-0.1, -0.05) is 42.0 Å². The van der Waals surface area contributed by atoms with Crippen LogP contribution < -0.4 is 4.90 Å². The minimum absolute atomic E-state index is 0.0976. The van der Waals surface area contributed by atoms with Gasteiger partial charge in [0.15, 0.2) is 0 Å². The van der Waals surface area contributed by atoms with Gasteiger partial charge in [0.1, 0.15) is 5.38 Å². The van der Waals surface area contributed by atoms with Crippen molar-refractivity contribution in [2.75, 3.05) is 11.4 Å². The van der Waals surface area contributed by atoms with Gasteiger partial charge in [0, 0.05) is 17.3 Å². The highest BCUT2D eigenvalue weighted by Gasteiger charge is 2.32. The standard InChI is InChI=1S/C19H16Cl2F3NO/c1-2-3-10-25(16-9-5-7-14(12-16)19(22,23)24)18(26)17(21)13-6-4-8-15(20)11-13/h2-9,11-12,17H,10H2,1H3/b3-2+. The predicted molar refractivity (Wildman–Crippen MR) is 98.7 cm³/mol. The van der Waals surface area contributed by atoms with Crippen molar-refractivity contribution in [1.29, 1.82) is 0 Å². The van der Waals surface area contributed by atoms with Gasteiger partial charge in [-0.25, -0.2) is 0 Å². The summed E-state index contributed by atoms with van der Waals surface area (Å²) in [4.78, 5) is 14.1. The predicted octanol–water partition coefficient (Wildman–Crippen LogP) is 6.25. The highest BCUT2D eigenvalue weighted by atomic mass is 35.5. The molecule has 1 amide bonds. The van der Waals surface area contributed by atoms with E-state index in [9.17, 15) is 18.0 Å². The molecule has 0 aliphatic rings. The van der Waals surface area contributed by atoms with Gasteiger partial charge in [-0.2, -0.15) is 13.2 Å². The summed E-state index contributed by atoms with van der Waals surface area (Å²) < 4.78 is 39.0. The molecule has 1 atom stereocenters. The van der Waals surface area contributed by atoms with Crippen molar-refractivity contribution in [3.8, 4) is 0 Å². The summed E-state index contributed by atoms with van der Waals surface area (Å²) in [6, 6.07) is 11.1. The number of hydrogen-bond donors (Lipinski definition) is 0. The van der Waals surface area contributed by atoms with Crippen LogP contribution in [0.3, 0.4) is 0 Å². The number of anilines is 1. The van der Waals surface area contributed by atoms with Gasteiger partial charge >= 0.3 is 6.18 Å². The van der Waals surface area contributed by atoms with Gasteiger partial charge in [0.2, 0.25) is 5.91 Å². The van der Waals surface area contributed by atoms with Crippen molar-refractivity contribution in [2.45, 2.75) is 18.5 Å². The molecule has 2 nitrogen and oxygen atoms in total. The molecule has 0 spiro atoms. The van der Waals surface area contributed by atoms with Crippen LogP contribution in [0.2, 0.25) is 5.02 Å². The fourth-order valence-electron chi connectivity index (χ4n) is 2.33. The van der Waals surface area contributed by atoms with E-state index in [1.54, 1.807) is 43.3 Å². The first-order chi connectivity index (χ1) is 12.2. The molecule has 0 fully saturated rings. The van der Waals surface area contributed by atoms with E-state index >= 15 is 0 Å². The van der Waals surface area contributed by atoms with Crippen LogP contribution in [-0.4, -0.2) is 12.5 Å². The maximum absolute atomic E-state index is 13.0. The molecular formula is C19H16Cl2F3NO. The molecule has 2 rings (SSSR count). The molecule has 0 bridgehead atoms. The van der Waals surface area contributed by atoms with Crippen molar-refractivity contribution in [3.05, 3.63) is 76.8 Å². The van der Waals surface area contributed by atoms with Crippen LogP contribution in [0.4, 0.5) is 18.9 Å². The van der Waals surface area contributed by atoms with Crippen molar-refractivity contribution in [3.63, 3.8) is 0 Å². The summed E-state index contributed by atoms with van der Waals surface area (Å²) in [5, 5.41) is -0.659. The molecule has 26 heavy (non-hydrogen) atoms. The SMILES string of the molecule is C/C=C/CN(C(=O)C(Cl)c1cccc(Cl)c1)c1cccc(C(F)(F)F)c1. The Hall–Kier alpha value is -1.98. The second-order valence-electron chi connectivity index (χ2n) is 5.48. The Morgan fingerprint density at radius 2 is 1.88 bits per heavy atom. The minimum Gasteiger partial charge on any atom is -0.307 e. The fourth-order valence-corrected chi connectivity index (χ4v) is 2.78. The summed E-state index contributed by atoms with van der Waals surface area (Å²) in [7, 11) is 0. The quantitative estimate of drug-likeness (QED) is 0.428. The maximum Gasteiger partial charge on any atom is 0.416 e. The van der Waals surface area contributed by atoms with Gasteiger partial charge in [0.05, 0.1) is 5.56 Å². The summed E-state index contributed by atoms with van der Waals surface area (Å²) in [6.45, 7) is 1.85. The van der Waals surface area contributed by atoms with Crippen LogP contribution in [0.1, 0.15) is 23.4 Å². The Morgan fingerprint density at radius 3 is 2.50 bits per heavy atom. The lowest BCUT2D eigenvalue weighted by Crippen LogP contribution is -2.34. The average molecular weight is 402 g/mol. The molecule has 0 heterocycles. The molecule has 2 aromatic carbocycles. The number of benzene rings is 2. The Bertz CT molecular complexity index is 805. The number of carbonyl (C=O) groups excluding carboxylic acids is 1. The molecule has 0 saturated heterocycles. The van der Waals surface area contributed by atoms with Gasteiger partial charge in [0.25, 0.3) is 0 Å². The van der Waals surface area contributed by atoms with Crippen LogP contribution in [0.25, 0.3) is 0 Å². The number of halogens is 5. The lowest BCUT2D eigenvalue weighted by Gasteiger charge is -2.25. The topological polar surface area (TPSA) is 20.3 Å². The molecule has 1 unspecified atom stereocenters. The molecule has 0 aliphatic heterocycles. The molecular weight excluding hydrogens is 386 g/mol. The molecule has 0 aliphatic carbocycles. The number of carbonyl (C=O) groups is 1. The van der Waals surface area contributed by atoms with Crippen molar-refractivity contribution < 1.29 is 18.0 Å². The van der Waals surface area contributed by atoms with E-state index in [-0.39, 0.29) is 12.2 Å². The first-order valence-electron chi connectivity index (χ1n) is 7.73. The molecule has 7 heteroatoms. The second-order valence-corrected chi connectivity index (χ2v) is 6.36. The van der Waals surface area contributed by atoms with Crippen LogP contribution in [0.5, 0.6) is 0 Å². The third-order valence-electron chi connectivity index (χ3n) is 3.63. The van der Waals surface area contributed by atoms with Crippen LogP contribution >= 0.6 is 23.2 Å². The number of amides is 1. The van der Waals surface area contributed by atoms with Gasteiger partial charge < -0.3 is 4.90 Å². The third-order valence-corrected chi connectivity index (χ3v) is 4.31. The Morgan fingerprint density at radius 1 is 1.19 bits per heavy atom. The van der Waals surface area contributed by atoms with E-state index < -0.39 is 23.0 Å². The number of alkyl halides is 4. The van der Waals surface area contributed by atoms with Crippen LogP contribution in [-0.2, 0) is 11.0 Å². The molecule has 0 aromatic heterocycles. The van der Waals surface area contributed by atoms with Crippen molar-refractivity contribution in [1.82, 2.24) is 0 Å². The van der Waals surface area contributed by atoms with E-state index in [2.05, 4.69) is 0 Å². The zero-order valence-corrected chi connectivity index (χ0v) is 15.3. The summed E-state index contributed by atoms with van der Waals surface area (Å²) in [5.74, 6) is -0.536. The first-order valence-corrected chi connectivity index (χ1v) is 8.55. The number of nitrogens with zero attached hydrogens (tertiary/aromatic N) is 1. The van der Waals surface area contributed by atoms with E-state index in [0.717, 1.165) is 12.1 Å². The maximum atomic E-state index is 13.0. The zero-order valence-electron chi connectivity index (χ0n) is 13.8. The smallest absolute Gasteiger partial charge is 0.307 e. The number of hydrogen-bond acceptors (Lipinski definition) is 1. The average Bonchev–Trinajstić information content (AvgIpc) is 2.60. The van der Waals surface area contributed by atoms with Gasteiger partial charge in [-0.15, -0.1) is 11.6 Å². The molecule has 2 aromatic rings. The Labute approximate surface area is 159 Å². The third kappa shape index (κ3) is 5.02. The normalized spacial score (nSPS) is 13.0. The Balaban J connectivity index is 2.39. The molecule has 0 saturated carbocycles. The number of rotatable bonds is 5. The highest BCUT2D eigenvalue weighted by molar-refractivity contribution is 6.33. The highest BCUT2D eigenvalue weighted by Crippen LogP contribution is 2.33. The minimum atomic E-state index is -4.50. The lowest BCUT2D eigenvalue weighted by molar-refractivity contribution is -0.137. The largest absolute Gasteiger partial charge is 0.416 e. The second kappa shape index (κ2) is 8.60.